The van der Waals surface area contributed by atoms with Crippen molar-refractivity contribution in [1.29, 1.82) is 0 Å². The lowest BCUT2D eigenvalue weighted by molar-refractivity contribution is 0.466. The lowest BCUT2D eigenvalue weighted by atomic mass is 10.2. The highest BCUT2D eigenvalue weighted by Gasteiger charge is 2.13. The second kappa shape index (κ2) is 7.51. The van der Waals surface area contributed by atoms with E-state index in [0.29, 0.717) is 16.9 Å². The third-order valence-electron chi connectivity index (χ3n) is 3.86. The van der Waals surface area contributed by atoms with E-state index >= 15 is 0 Å². The van der Waals surface area contributed by atoms with Gasteiger partial charge in [-0.15, -0.1) is 0 Å². The molecule has 26 heavy (non-hydrogen) atoms. The Labute approximate surface area is 163 Å². The van der Waals surface area contributed by atoms with Crippen LogP contribution in [0.3, 0.4) is 0 Å². The Balaban J connectivity index is 1.46. The number of halogens is 1. The predicted molar refractivity (Wildman–Crippen MR) is 106 cm³/mol. The summed E-state index contributed by atoms with van der Waals surface area (Å²) in [6.45, 7) is 1.93. The Kier molecular flexibility index (Phi) is 4.95. The van der Waals surface area contributed by atoms with Gasteiger partial charge in [0.05, 0.1) is 11.9 Å². The second-order valence-electron chi connectivity index (χ2n) is 5.67. The molecular weight excluding hydrogens is 412 g/mol. The summed E-state index contributed by atoms with van der Waals surface area (Å²) in [5.41, 5.74) is 2.87. The topological polar surface area (TPSA) is 52.1 Å². The van der Waals surface area contributed by atoms with Gasteiger partial charge in [0.2, 0.25) is 5.89 Å². The van der Waals surface area contributed by atoms with Gasteiger partial charge in [0, 0.05) is 21.4 Å². The van der Waals surface area contributed by atoms with Gasteiger partial charge in [0.1, 0.15) is 5.76 Å². The molecule has 2 aromatic heterocycles. The molecule has 0 N–H and O–H groups in total. The Morgan fingerprint density at radius 2 is 1.73 bits per heavy atom. The number of aromatic nitrogens is 2. The average Bonchev–Trinajstić information content (AvgIpc) is 3.28. The minimum atomic E-state index is 0.617. The van der Waals surface area contributed by atoms with Gasteiger partial charge in [-0.25, -0.2) is 9.97 Å². The summed E-state index contributed by atoms with van der Waals surface area (Å²) < 4.78 is 12.7. The molecule has 0 aliphatic rings. The van der Waals surface area contributed by atoms with Crippen LogP contribution in [0, 0.1) is 6.92 Å². The zero-order valence-corrected chi connectivity index (χ0v) is 16.4. The number of thioether (sulfide) groups is 1. The summed E-state index contributed by atoms with van der Waals surface area (Å²) in [5, 5.41) is 0.617. The molecule has 0 radical (unpaired) electrons. The molecule has 0 bridgehead atoms. The monoisotopic (exact) mass is 426 g/mol. The molecule has 0 saturated carbocycles. The van der Waals surface area contributed by atoms with Gasteiger partial charge < -0.3 is 8.83 Å². The first-order chi connectivity index (χ1) is 12.7. The van der Waals surface area contributed by atoms with Gasteiger partial charge in [-0.2, -0.15) is 0 Å². The minimum Gasteiger partial charge on any atom is -0.441 e. The molecular formula is C20H15BrN2O2S. The molecule has 4 nitrogen and oxygen atoms in total. The summed E-state index contributed by atoms with van der Waals surface area (Å²) in [7, 11) is 0. The van der Waals surface area contributed by atoms with Crippen LogP contribution >= 0.6 is 27.7 Å². The highest BCUT2D eigenvalue weighted by atomic mass is 79.9. The Morgan fingerprint density at radius 1 is 0.962 bits per heavy atom. The van der Waals surface area contributed by atoms with Gasteiger partial charge in [0.15, 0.2) is 5.76 Å². The maximum absolute atomic E-state index is 5.84. The van der Waals surface area contributed by atoms with Crippen molar-refractivity contribution in [2.24, 2.45) is 0 Å². The van der Waals surface area contributed by atoms with Crippen molar-refractivity contribution >= 4 is 27.7 Å². The maximum atomic E-state index is 5.84. The second-order valence-corrected chi connectivity index (χ2v) is 7.52. The van der Waals surface area contributed by atoms with E-state index in [1.54, 1.807) is 6.20 Å². The van der Waals surface area contributed by atoms with Crippen LogP contribution in [-0.4, -0.2) is 9.97 Å². The molecule has 0 fully saturated rings. The number of rotatable bonds is 5. The number of benzene rings is 2. The van der Waals surface area contributed by atoms with Crippen molar-refractivity contribution < 1.29 is 8.83 Å². The molecule has 6 heteroatoms. The van der Waals surface area contributed by atoms with Crippen LogP contribution < -0.4 is 0 Å². The van der Waals surface area contributed by atoms with Crippen LogP contribution in [0.4, 0.5) is 0 Å². The summed E-state index contributed by atoms with van der Waals surface area (Å²) in [5.74, 6) is 2.85. The fourth-order valence-corrected chi connectivity index (χ4v) is 3.54. The number of hydrogen-bond acceptors (Lipinski definition) is 5. The number of oxazole rings is 2. The summed E-state index contributed by atoms with van der Waals surface area (Å²) >= 11 is 4.94. The third-order valence-corrected chi connectivity index (χ3v) is 5.24. The quantitative estimate of drug-likeness (QED) is 0.347. The minimum absolute atomic E-state index is 0.617. The Hall–Kier alpha value is -2.31. The van der Waals surface area contributed by atoms with E-state index in [2.05, 4.69) is 25.9 Å². The smallest absolute Gasteiger partial charge is 0.256 e. The van der Waals surface area contributed by atoms with E-state index in [9.17, 15) is 0 Å². The van der Waals surface area contributed by atoms with Crippen molar-refractivity contribution in [2.45, 2.75) is 17.9 Å². The van der Waals surface area contributed by atoms with Crippen LogP contribution in [0.15, 0.2) is 79.3 Å². The normalized spacial score (nSPS) is 11.0. The fraction of sp³-hybridized carbons (Fsp3) is 0.100. The van der Waals surface area contributed by atoms with E-state index in [1.165, 1.54) is 11.8 Å². The highest BCUT2D eigenvalue weighted by molar-refractivity contribution is 9.10. The van der Waals surface area contributed by atoms with Crippen LogP contribution in [-0.2, 0) is 5.75 Å². The Bertz CT molecular complexity index is 1010. The van der Waals surface area contributed by atoms with Crippen molar-refractivity contribution in [2.75, 3.05) is 0 Å². The van der Waals surface area contributed by atoms with Crippen molar-refractivity contribution in [3.05, 3.63) is 76.7 Å². The van der Waals surface area contributed by atoms with E-state index in [0.717, 1.165) is 32.8 Å². The molecule has 2 heterocycles. The molecule has 0 saturated heterocycles. The van der Waals surface area contributed by atoms with Crippen molar-refractivity contribution in [3.8, 4) is 22.8 Å². The van der Waals surface area contributed by atoms with Gasteiger partial charge in [-0.05, 0) is 31.2 Å². The number of nitrogens with zero attached hydrogens (tertiary/aromatic N) is 2. The van der Waals surface area contributed by atoms with Gasteiger partial charge in [0.25, 0.3) is 5.22 Å². The van der Waals surface area contributed by atoms with Crippen molar-refractivity contribution in [1.82, 2.24) is 9.97 Å². The molecule has 0 unspecified atom stereocenters. The summed E-state index contributed by atoms with van der Waals surface area (Å²) in [4.78, 5) is 8.96. The van der Waals surface area contributed by atoms with Crippen LogP contribution in [0.1, 0.15) is 11.5 Å². The van der Waals surface area contributed by atoms with Crippen LogP contribution in [0.2, 0.25) is 0 Å². The molecule has 4 aromatic rings. The molecule has 0 amide bonds. The SMILES string of the molecule is Cc1oc(-c2ccccc2)nc1CSc1ncc(-c2ccc(Br)cc2)o1. The van der Waals surface area contributed by atoms with Crippen LogP contribution in [0.25, 0.3) is 22.8 Å². The lowest BCUT2D eigenvalue weighted by Gasteiger charge is -1.96. The largest absolute Gasteiger partial charge is 0.441 e. The summed E-state index contributed by atoms with van der Waals surface area (Å²) in [6.07, 6.45) is 1.75. The highest BCUT2D eigenvalue weighted by Crippen LogP contribution is 2.30. The van der Waals surface area contributed by atoms with E-state index in [-0.39, 0.29) is 0 Å². The number of aryl methyl sites for hydroxylation is 1. The van der Waals surface area contributed by atoms with Gasteiger partial charge >= 0.3 is 0 Å². The molecule has 0 spiro atoms. The average molecular weight is 427 g/mol. The van der Waals surface area contributed by atoms with Gasteiger partial charge in [-0.1, -0.05) is 58.0 Å². The molecule has 0 atom stereocenters. The zero-order chi connectivity index (χ0) is 17.9. The first-order valence-corrected chi connectivity index (χ1v) is 9.83. The molecule has 2 aromatic carbocycles. The number of hydrogen-bond donors (Lipinski definition) is 0. The third kappa shape index (κ3) is 3.76. The van der Waals surface area contributed by atoms with E-state index in [1.807, 2.05) is 61.5 Å². The predicted octanol–water partition coefficient (Wildman–Crippen LogP) is 6.36. The fourth-order valence-electron chi connectivity index (χ4n) is 2.47. The van der Waals surface area contributed by atoms with E-state index in [4.69, 9.17) is 8.83 Å². The molecule has 130 valence electrons. The maximum Gasteiger partial charge on any atom is 0.256 e. The summed E-state index contributed by atoms with van der Waals surface area (Å²) in [6, 6.07) is 17.8. The molecule has 0 aliphatic heterocycles. The Morgan fingerprint density at radius 3 is 2.50 bits per heavy atom. The van der Waals surface area contributed by atoms with E-state index < -0.39 is 0 Å². The van der Waals surface area contributed by atoms with Gasteiger partial charge in [-0.3, -0.25) is 0 Å². The standard InChI is InChI=1S/C20H15BrN2O2S/c1-13-17(23-19(24-13)15-5-3-2-4-6-15)12-26-20-22-11-18(25-20)14-7-9-16(21)10-8-14/h2-11H,12H2,1H3. The zero-order valence-electron chi connectivity index (χ0n) is 14.0. The van der Waals surface area contributed by atoms with Crippen molar-refractivity contribution in [3.63, 3.8) is 0 Å². The first kappa shape index (κ1) is 17.1. The van der Waals surface area contributed by atoms with Crippen LogP contribution in [0.5, 0.6) is 0 Å². The first-order valence-electron chi connectivity index (χ1n) is 8.05. The molecule has 4 rings (SSSR count). The molecule has 0 aliphatic carbocycles. The lowest BCUT2D eigenvalue weighted by Crippen LogP contribution is -1.84.